The van der Waals surface area contributed by atoms with Gasteiger partial charge in [-0.2, -0.15) is 0 Å². The number of nitrogens with two attached hydrogens (primary N) is 1. The molecule has 2 N–H and O–H groups in total. The van der Waals surface area contributed by atoms with Crippen molar-refractivity contribution in [1.82, 2.24) is 4.98 Å². The Labute approximate surface area is 100 Å². The number of aromatic nitrogens is 1. The van der Waals surface area contributed by atoms with Crippen LogP contribution in [0, 0.1) is 6.92 Å². The molecule has 0 radical (unpaired) electrons. The van der Waals surface area contributed by atoms with E-state index < -0.39 is 0 Å². The van der Waals surface area contributed by atoms with Gasteiger partial charge >= 0.3 is 0 Å². The number of hydrogen-bond acceptors (Lipinski definition) is 4. The lowest BCUT2D eigenvalue weighted by Gasteiger charge is -2.31. The highest BCUT2D eigenvalue weighted by Crippen LogP contribution is 2.37. The molecule has 1 heterocycles. The number of ketones is 1. The maximum absolute atomic E-state index is 11.4. The van der Waals surface area contributed by atoms with Crippen molar-refractivity contribution in [3.05, 3.63) is 15.6 Å². The second-order valence-corrected chi connectivity index (χ2v) is 5.71. The van der Waals surface area contributed by atoms with Gasteiger partial charge in [0.25, 0.3) is 0 Å². The summed E-state index contributed by atoms with van der Waals surface area (Å²) in [5.41, 5.74) is 6.96. The van der Waals surface area contributed by atoms with E-state index in [1.54, 1.807) is 6.92 Å². The molecule has 1 fully saturated rings. The fourth-order valence-electron chi connectivity index (χ4n) is 2.33. The fourth-order valence-corrected chi connectivity index (χ4v) is 3.45. The average molecular weight is 238 g/mol. The number of rotatable bonds is 2. The Kier molecular flexibility index (Phi) is 3.13. The number of carbonyl (C=O) groups excluding carboxylic acids is 1. The van der Waals surface area contributed by atoms with Gasteiger partial charge in [0.2, 0.25) is 0 Å². The Morgan fingerprint density at radius 1 is 1.38 bits per heavy atom. The minimum atomic E-state index is -0.276. The van der Waals surface area contributed by atoms with Gasteiger partial charge in [-0.3, -0.25) is 4.79 Å². The highest BCUT2D eigenvalue weighted by Gasteiger charge is 2.33. The Morgan fingerprint density at radius 2 is 2.00 bits per heavy atom. The molecular formula is C12H18N2OS. The van der Waals surface area contributed by atoms with Gasteiger partial charge in [0, 0.05) is 6.92 Å². The van der Waals surface area contributed by atoms with Crippen molar-refractivity contribution in [3.63, 3.8) is 0 Å². The molecule has 1 aliphatic rings. The SMILES string of the molecule is CC(=O)c1sc(C2(N)CCCCC2)nc1C. The Balaban J connectivity index is 2.33. The summed E-state index contributed by atoms with van der Waals surface area (Å²) < 4.78 is 0. The third-order valence-corrected chi connectivity index (χ3v) is 4.77. The normalized spacial score (nSPS) is 19.7. The summed E-state index contributed by atoms with van der Waals surface area (Å²) in [6, 6.07) is 0. The molecule has 0 bridgehead atoms. The molecular weight excluding hydrogens is 220 g/mol. The first-order valence-electron chi connectivity index (χ1n) is 5.81. The van der Waals surface area contributed by atoms with Crippen molar-refractivity contribution in [2.75, 3.05) is 0 Å². The standard InChI is InChI=1S/C12H18N2OS/c1-8-10(9(2)15)16-11(14-8)12(13)6-4-3-5-7-12/h3-7,13H2,1-2H3. The first kappa shape index (κ1) is 11.7. The molecule has 0 aliphatic heterocycles. The van der Waals surface area contributed by atoms with E-state index in [9.17, 15) is 4.79 Å². The first-order chi connectivity index (χ1) is 7.53. The minimum absolute atomic E-state index is 0.0978. The van der Waals surface area contributed by atoms with E-state index >= 15 is 0 Å². The van der Waals surface area contributed by atoms with Crippen LogP contribution in [0.1, 0.15) is 59.4 Å². The lowest BCUT2D eigenvalue weighted by Crippen LogP contribution is -2.38. The molecule has 0 saturated heterocycles. The highest BCUT2D eigenvalue weighted by molar-refractivity contribution is 7.14. The predicted octanol–water partition coefficient (Wildman–Crippen LogP) is 2.77. The van der Waals surface area contributed by atoms with Crippen LogP contribution in [-0.2, 0) is 5.54 Å². The van der Waals surface area contributed by atoms with Crippen molar-refractivity contribution in [3.8, 4) is 0 Å². The summed E-state index contributed by atoms with van der Waals surface area (Å²) in [7, 11) is 0. The fraction of sp³-hybridized carbons (Fsp3) is 0.667. The van der Waals surface area contributed by atoms with E-state index in [0.717, 1.165) is 28.4 Å². The van der Waals surface area contributed by atoms with E-state index in [0.29, 0.717) is 0 Å². The second-order valence-electron chi connectivity index (χ2n) is 4.71. The van der Waals surface area contributed by atoms with E-state index in [1.807, 2.05) is 6.92 Å². The molecule has 0 unspecified atom stereocenters. The third-order valence-electron chi connectivity index (χ3n) is 3.29. The molecule has 4 heteroatoms. The van der Waals surface area contributed by atoms with Gasteiger partial charge in [0.1, 0.15) is 5.01 Å². The molecule has 1 saturated carbocycles. The quantitative estimate of drug-likeness (QED) is 0.806. The van der Waals surface area contributed by atoms with Gasteiger partial charge < -0.3 is 5.73 Å². The molecule has 1 aliphatic carbocycles. The minimum Gasteiger partial charge on any atom is -0.319 e. The van der Waals surface area contributed by atoms with Crippen LogP contribution >= 0.6 is 11.3 Å². The predicted molar refractivity (Wildman–Crippen MR) is 65.8 cm³/mol. The molecule has 0 aromatic carbocycles. The molecule has 16 heavy (non-hydrogen) atoms. The molecule has 3 nitrogen and oxygen atoms in total. The number of nitrogens with zero attached hydrogens (tertiary/aromatic N) is 1. The summed E-state index contributed by atoms with van der Waals surface area (Å²) in [5, 5.41) is 0.954. The Hall–Kier alpha value is -0.740. The molecule has 0 amide bonds. The largest absolute Gasteiger partial charge is 0.319 e. The Morgan fingerprint density at radius 3 is 2.50 bits per heavy atom. The van der Waals surface area contributed by atoms with Crippen molar-refractivity contribution in [1.29, 1.82) is 0 Å². The van der Waals surface area contributed by atoms with Crippen LogP contribution in [-0.4, -0.2) is 10.8 Å². The second kappa shape index (κ2) is 4.26. The lowest BCUT2D eigenvalue weighted by atomic mass is 9.83. The van der Waals surface area contributed by atoms with Crippen molar-refractivity contribution >= 4 is 17.1 Å². The highest BCUT2D eigenvalue weighted by atomic mass is 32.1. The summed E-state index contributed by atoms with van der Waals surface area (Å²) in [5.74, 6) is 0.0978. The van der Waals surface area contributed by atoms with Gasteiger partial charge in [-0.1, -0.05) is 19.3 Å². The number of hydrogen-bond donors (Lipinski definition) is 1. The number of thiazole rings is 1. The summed E-state index contributed by atoms with van der Waals surface area (Å²) in [4.78, 5) is 16.7. The van der Waals surface area contributed by atoms with Crippen molar-refractivity contribution < 1.29 is 4.79 Å². The van der Waals surface area contributed by atoms with Crippen LogP contribution in [0.3, 0.4) is 0 Å². The molecule has 88 valence electrons. The van der Waals surface area contributed by atoms with Gasteiger partial charge in [0.15, 0.2) is 5.78 Å². The third kappa shape index (κ3) is 2.04. The smallest absolute Gasteiger partial charge is 0.171 e. The van der Waals surface area contributed by atoms with Crippen LogP contribution in [0.4, 0.5) is 0 Å². The maximum Gasteiger partial charge on any atom is 0.171 e. The van der Waals surface area contributed by atoms with Crippen molar-refractivity contribution in [2.45, 2.75) is 51.5 Å². The topological polar surface area (TPSA) is 56.0 Å². The zero-order valence-electron chi connectivity index (χ0n) is 9.88. The summed E-state index contributed by atoms with van der Waals surface area (Å²) in [6.45, 7) is 3.48. The van der Waals surface area contributed by atoms with Crippen LogP contribution in [0.15, 0.2) is 0 Å². The van der Waals surface area contributed by atoms with Gasteiger partial charge in [-0.15, -0.1) is 11.3 Å². The number of carbonyl (C=O) groups is 1. The molecule has 0 atom stereocenters. The molecule has 0 spiro atoms. The number of Topliss-reactive ketones (excluding diaryl/α,β-unsaturated/α-hetero) is 1. The Bertz CT molecular complexity index is 405. The molecule has 1 aromatic rings. The monoisotopic (exact) mass is 238 g/mol. The van der Waals surface area contributed by atoms with Crippen LogP contribution in [0.2, 0.25) is 0 Å². The van der Waals surface area contributed by atoms with E-state index in [1.165, 1.54) is 30.6 Å². The summed E-state index contributed by atoms with van der Waals surface area (Å²) in [6.07, 6.45) is 5.60. The van der Waals surface area contributed by atoms with Crippen LogP contribution in [0.25, 0.3) is 0 Å². The van der Waals surface area contributed by atoms with E-state index in [-0.39, 0.29) is 11.3 Å². The van der Waals surface area contributed by atoms with Gasteiger partial charge in [-0.25, -0.2) is 4.98 Å². The zero-order chi connectivity index (χ0) is 11.8. The molecule has 1 aromatic heterocycles. The van der Waals surface area contributed by atoms with Crippen LogP contribution in [0.5, 0.6) is 0 Å². The zero-order valence-corrected chi connectivity index (χ0v) is 10.7. The lowest BCUT2D eigenvalue weighted by molar-refractivity contribution is 0.102. The number of aryl methyl sites for hydroxylation is 1. The average Bonchev–Trinajstić information content (AvgIpc) is 2.62. The van der Waals surface area contributed by atoms with Gasteiger partial charge in [-0.05, 0) is 19.8 Å². The molecule has 2 rings (SSSR count). The first-order valence-corrected chi connectivity index (χ1v) is 6.62. The van der Waals surface area contributed by atoms with E-state index in [4.69, 9.17) is 5.73 Å². The van der Waals surface area contributed by atoms with Crippen molar-refractivity contribution in [2.24, 2.45) is 5.73 Å². The maximum atomic E-state index is 11.4. The van der Waals surface area contributed by atoms with Crippen LogP contribution < -0.4 is 5.73 Å². The van der Waals surface area contributed by atoms with Gasteiger partial charge in [0.05, 0.1) is 16.1 Å². The summed E-state index contributed by atoms with van der Waals surface area (Å²) >= 11 is 1.49. The van der Waals surface area contributed by atoms with E-state index in [2.05, 4.69) is 4.98 Å².